The third kappa shape index (κ3) is 4.92. The molecule has 2 aromatic rings. The number of benzene rings is 1. The van der Waals surface area contributed by atoms with Gasteiger partial charge in [0.15, 0.2) is 16.4 Å². The van der Waals surface area contributed by atoms with Crippen LogP contribution < -0.4 is 0 Å². The van der Waals surface area contributed by atoms with Gasteiger partial charge in [-0.3, -0.25) is 4.79 Å². The smallest absolute Gasteiger partial charge is 0.331 e. The Morgan fingerprint density at radius 3 is 2.81 bits per heavy atom. The zero-order valence-corrected chi connectivity index (χ0v) is 16.5. The third-order valence-electron chi connectivity index (χ3n) is 4.32. The second-order valence-corrected chi connectivity index (χ2v) is 9.49. The van der Waals surface area contributed by atoms with Crippen LogP contribution in [0.25, 0.3) is 16.3 Å². The molecule has 144 valence electrons. The lowest BCUT2D eigenvalue weighted by molar-refractivity contribution is -0.149. The molecule has 0 aliphatic carbocycles. The highest BCUT2D eigenvalue weighted by Crippen LogP contribution is 2.22. The number of ether oxygens (including phenoxy) is 1. The van der Waals surface area contributed by atoms with Crippen LogP contribution in [-0.2, 0) is 24.2 Å². The summed E-state index contributed by atoms with van der Waals surface area (Å²) in [4.78, 5) is 30.0. The number of fused-ring (bicyclic) bond motifs is 1. The van der Waals surface area contributed by atoms with Crippen LogP contribution in [0.2, 0.25) is 0 Å². The number of aromatic nitrogens is 1. The Labute approximate surface area is 161 Å². The first-order valence-corrected chi connectivity index (χ1v) is 11.2. The summed E-state index contributed by atoms with van der Waals surface area (Å²) in [5.41, 5.74) is 0.857. The van der Waals surface area contributed by atoms with Crippen molar-refractivity contribution >= 4 is 49.3 Å². The Kier molecular flexibility index (Phi) is 5.91. The van der Waals surface area contributed by atoms with Crippen LogP contribution in [0.15, 0.2) is 30.3 Å². The van der Waals surface area contributed by atoms with E-state index in [0.29, 0.717) is 18.0 Å². The summed E-state index contributed by atoms with van der Waals surface area (Å²) in [6.45, 7) is 1.74. The second-order valence-electron chi connectivity index (χ2n) is 6.20. The number of hydrogen-bond acceptors (Lipinski definition) is 7. The van der Waals surface area contributed by atoms with E-state index >= 15 is 0 Å². The number of esters is 1. The number of likely N-dealkylation sites (N-methyl/N-ethyl adjacent to an activating group) is 1. The second kappa shape index (κ2) is 8.18. The molecule has 1 aromatic carbocycles. The molecule has 0 bridgehead atoms. The van der Waals surface area contributed by atoms with E-state index in [9.17, 15) is 18.0 Å². The highest BCUT2D eigenvalue weighted by molar-refractivity contribution is 7.91. The standard InChI is InChI=1S/C18H20N2O5S2/c1-2-20(13-9-10-27(23,24)12-13)17(21)11-25-18(22)8-7-16-19-14-5-3-4-6-15(14)26-16/h3-8,13H,2,9-12H2,1H3. The largest absolute Gasteiger partial charge is 0.452 e. The lowest BCUT2D eigenvalue weighted by atomic mass is 10.2. The van der Waals surface area contributed by atoms with Crippen LogP contribution in [0.5, 0.6) is 0 Å². The lowest BCUT2D eigenvalue weighted by Crippen LogP contribution is -2.43. The molecule has 0 spiro atoms. The van der Waals surface area contributed by atoms with Gasteiger partial charge in [0.2, 0.25) is 0 Å². The molecule has 1 unspecified atom stereocenters. The first kappa shape index (κ1) is 19.5. The van der Waals surface area contributed by atoms with Crippen LogP contribution in [0.4, 0.5) is 0 Å². The molecule has 0 N–H and O–H groups in total. The maximum absolute atomic E-state index is 12.3. The number of nitrogens with zero attached hydrogens (tertiary/aromatic N) is 2. The maximum Gasteiger partial charge on any atom is 0.331 e. The molecular weight excluding hydrogens is 388 g/mol. The summed E-state index contributed by atoms with van der Waals surface area (Å²) >= 11 is 1.45. The van der Waals surface area contributed by atoms with Gasteiger partial charge >= 0.3 is 5.97 Å². The van der Waals surface area contributed by atoms with Crippen molar-refractivity contribution in [2.24, 2.45) is 0 Å². The van der Waals surface area contributed by atoms with Crippen LogP contribution in [0.3, 0.4) is 0 Å². The average molecular weight is 409 g/mol. The molecule has 3 rings (SSSR count). The number of amides is 1. The minimum absolute atomic E-state index is 0.0297. The SMILES string of the molecule is CCN(C(=O)COC(=O)C=Cc1nc2ccccc2s1)C1CCS(=O)(=O)C1. The number of rotatable bonds is 6. The maximum atomic E-state index is 12.3. The van der Waals surface area contributed by atoms with Crippen molar-refractivity contribution in [3.05, 3.63) is 35.3 Å². The predicted octanol–water partition coefficient (Wildman–Crippen LogP) is 1.89. The van der Waals surface area contributed by atoms with Crippen molar-refractivity contribution in [2.45, 2.75) is 19.4 Å². The van der Waals surface area contributed by atoms with Gasteiger partial charge in [0.25, 0.3) is 5.91 Å². The minimum Gasteiger partial charge on any atom is -0.452 e. The highest BCUT2D eigenvalue weighted by Gasteiger charge is 2.34. The van der Waals surface area contributed by atoms with Gasteiger partial charge in [-0.05, 0) is 31.6 Å². The van der Waals surface area contributed by atoms with Crippen molar-refractivity contribution in [2.75, 3.05) is 24.7 Å². The fraction of sp³-hybridized carbons (Fsp3) is 0.389. The van der Waals surface area contributed by atoms with Gasteiger partial charge in [-0.1, -0.05) is 12.1 Å². The van der Waals surface area contributed by atoms with Gasteiger partial charge in [0.05, 0.1) is 21.7 Å². The Morgan fingerprint density at radius 1 is 1.37 bits per heavy atom. The molecule has 1 fully saturated rings. The van der Waals surface area contributed by atoms with Crippen molar-refractivity contribution in [3.8, 4) is 0 Å². The molecule has 1 saturated heterocycles. The summed E-state index contributed by atoms with van der Waals surface area (Å²) in [6, 6.07) is 7.31. The van der Waals surface area contributed by atoms with E-state index in [1.165, 1.54) is 22.3 Å². The summed E-state index contributed by atoms with van der Waals surface area (Å²) in [6.07, 6.45) is 3.22. The number of carbonyl (C=O) groups excluding carboxylic acids is 2. The van der Waals surface area contributed by atoms with E-state index in [1.807, 2.05) is 24.3 Å². The van der Waals surface area contributed by atoms with E-state index in [1.54, 1.807) is 13.0 Å². The van der Waals surface area contributed by atoms with Crippen molar-refractivity contribution in [3.63, 3.8) is 0 Å². The number of sulfone groups is 1. The van der Waals surface area contributed by atoms with E-state index < -0.39 is 22.4 Å². The zero-order valence-electron chi connectivity index (χ0n) is 14.8. The lowest BCUT2D eigenvalue weighted by Gasteiger charge is -2.26. The molecule has 2 heterocycles. The first-order valence-electron chi connectivity index (χ1n) is 8.58. The van der Waals surface area contributed by atoms with E-state index in [4.69, 9.17) is 4.74 Å². The van der Waals surface area contributed by atoms with Gasteiger partial charge in [-0.25, -0.2) is 18.2 Å². The molecule has 1 aromatic heterocycles. The van der Waals surface area contributed by atoms with Crippen molar-refractivity contribution in [1.29, 1.82) is 0 Å². The molecule has 1 aliphatic rings. The topological polar surface area (TPSA) is 93.6 Å². The summed E-state index contributed by atoms with van der Waals surface area (Å²) in [5, 5.41) is 0.672. The molecule has 7 nitrogen and oxygen atoms in total. The van der Waals surface area contributed by atoms with E-state index in [-0.39, 0.29) is 23.5 Å². The summed E-state index contributed by atoms with van der Waals surface area (Å²) in [5.74, 6) is -0.969. The molecule has 1 amide bonds. The highest BCUT2D eigenvalue weighted by atomic mass is 32.2. The molecule has 1 aliphatic heterocycles. The van der Waals surface area contributed by atoms with Crippen LogP contribution in [-0.4, -0.2) is 60.9 Å². The summed E-state index contributed by atoms with van der Waals surface area (Å²) < 4.78 is 29.2. The van der Waals surface area contributed by atoms with Crippen LogP contribution in [0, 0.1) is 0 Å². The molecule has 0 saturated carbocycles. The van der Waals surface area contributed by atoms with Crippen LogP contribution in [0.1, 0.15) is 18.4 Å². The van der Waals surface area contributed by atoms with Gasteiger partial charge in [0, 0.05) is 18.7 Å². The van der Waals surface area contributed by atoms with Crippen LogP contribution >= 0.6 is 11.3 Å². The third-order valence-corrected chi connectivity index (χ3v) is 7.07. The Bertz CT molecular complexity index is 948. The predicted molar refractivity (Wildman–Crippen MR) is 104 cm³/mol. The zero-order chi connectivity index (χ0) is 19.4. The van der Waals surface area contributed by atoms with E-state index in [0.717, 1.165) is 10.2 Å². The molecule has 27 heavy (non-hydrogen) atoms. The van der Waals surface area contributed by atoms with E-state index in [2.05, 4.69) is 4.98 Å². The number of carbonyl (C=O) groups is 2. The Hall–Kier alpha value is -2.26. The average Bonchev–Trinajstić information content (AvgIpc) is 3.21. The number of thiazole rings is 1. The molecule has 9 heteroatoms. The molecule has 1 atom stereocenters. The Morgan fingerprint density at radius 2 is 2.15 bits per heavy atom. The number of para-hydroxylation sites is 1. The first-order chi connectivity index (χ1) is 12.9. The van der Waals surface area contributed by atoms with Gasteiger partial charge in [-0.2, -0.15) is 0 Å². The van der Waals surface area contributed by atoms with Gasteiger partial charge < -0.3 is 9.64 Å². The molecule has 0 radical (unpaired) electrons. The number of hydrogen-bond donors (Lipinski definition) is 0. The quantitative estimate of drug-likeness (QED) is 0.535. The Balaban J connectivity index is 1.53. The van der Waals surface area contributed by atoms with Crippen molar-refractivity contribution in [1.82, 2.24) is 9.88 Å². The van der Waals surface area contributed by atoms with Gasteiger partial charge in [0.1, 0.15) is 5.01 Å². The normalized spacial score (nSPS) is 18.8. The molecular formula is C18H20N2O5S2. The fourth-order valence-electron chi connectivity index (χ4n) is 3.02. The summed E-state index contributed by atoms with van der Waals surface area (Å²) in [7, 11) is -3.08. The van der Waals surface area contributed by atoms with Gasteiger partial charge in [-0.15, -0.1) is 11.3 Å². The minimum atomic E-state index is -3.08. The monoisotopic (exact) mass is 408 g/mol. The fourth-order valence-corrected chi connectivity index (χ4v) is 5.62. The van der Waals surface area contributed by atoms with Crippen molar-refractivity contribution < 1.29 is 22.7 Å².